The number of nitrogens with two attached hydrogens (primary N) is 1. The van der Waals surface area contributed by atoms with E-state index in [1.165, 1.54) is 0 Å². The molecular weight excluding hydrogens is 346 g/mol. The zero-order chi connectivity index (χ0) is 18.3. The van der Waals surface area contributed by atoms with Crippen molar-refractivity contribution >= 4 is 31.8 Å². The first kappa shape index (κ1) is 21.6. The first-order valence-electron chi connectivity index (χ1n) is 6.59. The molecule has 0 spiro atoms. The topological polar surface area (TPSA) is 150 Å². The molecule has 0 aromatic heterocycles. The summed E-state index contributed by atoms with van der Waals surface area (Å²) in [5, 5.41) is 0. The second-order valence-electron chi connectivity index (χ2n) is 4.70. The molecule has 1 rings (SSSR count). The Morgan fingerprint density at radius 3 is 2.17 bits per heavy atom. The number of nitrogen functional groups attached to an aromatic ring is 1. The van der Waals surface area contributed by atoms with E-state index in [4.69, 9.17) is 23.3 Å². The first-order valence-corrected chi connectivity index (χ1v) is 9.88. The molecule has 0 atom stereocenters. The minimum absolute atomic E-state index is 0.375. The predicted molar refractivity (Wildman–Crippen MR) is 90.5 cm³/mol. The van der Waals surface area contributed by atoms with Gasteiger partial charge in [-0.25, -0.2) is 13.1 Å². The second-order valence-corrected chi connectivity index (χ2v) is 7.43. The zero-order valence-corrected chi connectivity index (χ0v) is 14.9. The summed E-state index contributed by atoms with van der Waals surface area (Å²) in [6, 6.07) is 5.86. The van der Waals surface area contributed by atoms with E-state index in [9.17, 15) is 8.42 Å². The zero-order valence-electron chi connectivity index (χ0n) is 13.2. The summed E-state index contributed by atoms with van der Waals surface area (Å²) in [6.07, 6.45) is 1.16. The van der Waals surface area contributed by atoms with E-state index in [1.54, 1.807) is 0 Å². The van der Waals surface area contributed by atoms with Crippen LogP contribution in [0.1, 0.15) is 12.5 Å². The highest BCUT2D eigenvalue weighted by atomic mass is 32.3. The lowest BCUT2D eigenvalue weighted by atomic mass is 10.1. The molecule has 0 bridgehead atoms. The summed E-state index contributed by atoms with van der Waals surface area (Å²) in [5.41, 5.74) is 8.77. The van der Waals surface area contributed by atoms with Crippen LogP contribution in [0.5, 0.6) is 0 Å². The number of nitrogens with one attached hydrogen (secondary N) is 1. The van der Waals surface area contributed by atoms with Gasteiger partial charge >= 0.3 is 10.4 Å². The highest BCUT2D eigenvalue weighted by Crippen LogP contribution is 2.25. The average Bonchev–Trinajstić information content (AvgIpc) is 2.35. The Balaban J connectivity index is 0.000000841. The number of hydrogen-bond acceptors (Lipinski definition) is 6. The molecule has 5 N–H and O–H groups in total. The SMILES string of the molecule is CCN(CCNS(C)(=O)=O)c1cccc(C)c1N.O=S(=O)(O)O. The van der Waals surface area contributed by atoms with Gasteiger partial charge in [0.25, 0.3) is 0 Å². The van der Waals surface area contributed by atoms with Crippen LogP contribution < -0.4 is 15.4 Å². The number of benzene rings is 1. The van der Waals surface area contributed by atoms with Crippen molar-refractivity contribution in [1.29, 1.82) is 0 Å². The Hall–Kier alpha value is -1.40. The Morgan fingerprint density at radius 2 is 1.74 bits per heavy atom. The smallest absolute Gasteiger partial charge is 0.394 e. The van der Waals surface area contributed by atoms with Gasteiger partial charge in [0, 0.05) is 19.6 Å². The van der Waals surface area contributed by atoms with Gasteiger partial charge in [-0.15, -0.1) is 0 Å². The fraction of sp³-hybridized carbons (Fsp3) is 0.500. The maximum atomic E-state index is 11.0. The maximum absolute atomic E-state index is 11.0. The molecule has 11 heteroatoms. The molecule has 0 aliphatic rings. The number of para-hydroxylation sites is 1. The second kappa shape index (κ2) is 9.03. The minimum atomic E-state index is -4.67. The Kier molecular flexibility index (Phi) is 8.48. The molecule has 0 aliphatic carbocycles. The molecule has 23 heavy (non-hydrogen) atoms. The van der Waals surface area contributed by atoms with Gasteiger partial charge in [0.15, 0.2) is 0 Å². The van der Waals surface area contributed by atoms with Crippen molar-refractivity contribution in [3.63, 3.8) is 0 Å². The number of anilines is 2. The molecule has 1 aromatic carbocycles. The van der Waals surface area contributed by atoms with Crippen molar-refractivity contribution in [2.75, 3.05) is 36.5 Å². The number of sulfonamides is 1. The number of likely N-dealkylation sites (N-methyl/N-ethyl adjacent to an activating group) is 1. The molecule has 0 radical (unpaired) electrons. The lowest BCUT2D eigenvalue weighted by Gasteiger charge is -2.25. The summed E-state index contributed by atoms with van der Waals surface area (Å²) in [4.78, 5) is 2.06. The quantitative estimate of drug-likeness (QED) is 0.413. The van der Waals surface area contributed by atoms with E-state index in [-0.39, 0.29) is 0 Å². The minimum Gasteiger partial charge on any atom is -0.397 e. The molecule has 1 aromatic rings. The van der Waals surface area contributed by atoms with Gasteiger partial charge < -0.3 is 10.6 Å². The van der Waals surface area contributed by atoms with Gasteiger partial charge in [-0.1, -0.05) is 12.1 Å². The van der Waals surface area contributed by atoms with Crippen LogP contribution in [0.4, 0.5) is 11.4 Å². The largest absolute Gasteiger partial charge is 0.397 e. The monoisotopic (exact) mass is 369 g/mol. The van der Waals surface area contributed by atoms with E-state index in [2.05, 4.69) is 9.62 Å². The fourth-order valence-corrected chi connectivity index (χ4v) is 2.22. The van der Waals surface area contributed by atoms with Crippen LogP contribution in [0, 0.1) is 6.92 Å². The summed E-state index contributed by atoms with van der Waals surface area (Å²) in [7, 11) is -7.80. The van der Waals surface area contributed by atoms with Crippen LogP contribution in [-0.4, -0.2) is 51.8 Å². The molecule has 0 fully saturated rings. The van der Waals surface area contributed by atoms with Crippen LogP contribution >= 0.6 is 0 Å². The normalized spacial score (nSPS) is 11.5. The van der Waals surface area contributed by atoms with Gasteiger partial charge in [0.05, 0.1) is 17.6 Å². The van der Waals surface area contributed by atoms with Crippen LogP contribution in [0.15, 0.2) is 18.2 Å². The molecule has 0 unspecified atom stereocenters. The van der Waals surface area contributed by atoms with Crippen molar-refractivity contribution in [1.82, 2.24) is 4.72 Å². The third kappa shape index (κ3) is 10.9. The molecule has 0 aliphatic heterocycles. The lowest BCUT2D eigenvalue weighted by Crippen LogP contribution is -2.34. The van der Waals surface area contributed by atoms with E-state index in [0.717, 1.165) is 29.7 Å². The van der Waals surface area contributed by atoms with Gasteiger partial charge in [0.1, 0.15) is 0 Å². The van der Waals surface area contributed by atoms with E-state index >= 15 is 0 Å². The van der Waals surface area contributed by atoms with Crippen LogP contribution in [-0.2, 0) is 20.4 Å². The van der Waals surface area contributed by atoms with Gasteiger partial charge in [-0.3, -0.25) is 9.11 Å². The number of nitrogens with zero attached hydrogens (tertiary/aromatic N) is 1. The Labute approximate surface area is 137 Å². The molecule has 0 heterocycles. The molecule has 0 saturated heterocycles. The highest BCUT2D eigenvalue weighted by molar-refractivity contribution is 7.88. The average molecular weight is 369 g/mol. The molecule has 0 amide bonds. The summed E-state index contributed by atoms with van der Waals surface area (Å²) in [5.74, 6) is 0. The third-order valence-corrected chi connectivity index (χ3v) is 3.50. The van der Waals surface area contributed by atoms with E-state index in [0.29, 0.717) is 13.1 Å². The van der Waals surface area contributed by atoms with Gasteiger partial charge in [-0.05, 0) is 25.5 Å². The van der Waals surface area contributed by atoms with E-state index in [1.807, 2.05) is 32.0 Å². The van der Waals surface area contributed by atoms with Crippen molar-refractivity contribution in [2.45, 2.75) is 13.8 Å². The molecular formula is C12H23N3O6S2. The van der Waals surface area contributed by atoms with E-state index < -0.39 is 20.4 Å². The highest BCUT2D eigenvalue weighted by Gasteiger charge is 2.10. The number of rotatable bonds is 6. The first-order chi connectivity index (χ1) is 10.3. The van der Waals surface area contributed by atoms with Crippen molar-refractivity contribution in [3.8, 4) is 0 Å². The van der Waals surface area contributed by atoms with Gasteiger partial charge in [0.2, 0.25) is 10.0 Å². The van der Waals surface area contributed by atoms with Crippen LogP contribution in [0.3, 0.4) is 0 Å². The van der Waals surface area contributed by atoms with Crippen molar-refractivity contribution in [3.05, 3.63) is 23.8 Å². The Bertz CT molecular complexity index is 696. The summed E-state index contributed by atoms with van der Waals surface area (Å²) in [6.45, 7) is 5.72. The number of aryl methyl sites for hydroxylation is 1. The number of hydrogen-bond donors (Lipinski definition) is 4. The molecule has 134 valence electrons. The van der Waals surface area contributed by atoms with Crippen molar-refractivity contribution < 1.29 is 25.9 Å². The predicted octanol–water partition coefficient (Wildman–Crippen LogP) is 0.300. The summed E-state index contributed by atoms with van der Waals surface area (Å²) < 4.78 is 56.1. The lowest BCUT2D eigenvalue weighted by molar-refractivity contribution is 0.381. The maximum Gasteiger partial charge on any atom is 0.394 e. The molecule has 9 nitrogen and oxygen atoms in total. The van der Waals surface area contributed by atoms with Crippen LogP contribution in [0.2, 0.25) is 0 Å². The van der Waals surface area contributed by atoms with Gasteiger partial charge in [-0.2, -0.15) is 8.42 Å². The van der Waals surface area contributed by atoms with Crippen molar-refractivity contribution in [2.24, 2.45) is 0 Å². The fourth-order valence-electron chi connectivity index (χ4n) is 1.76. The standard InChI is InChI=1S/C12H21N3O2S.H2O4S/c1-4-15(9-8-14-18(3,16)17)11-7-5-6-10(2)12(11)13;1-5(2,3)4/h5-7,14H,4,8-9,13H2,1-3H3;(H2,1,2,3,4). The Morgan fingerprint density at radius 1 is 1.22 bits per heavy atom. The summed E-state index contributed by atoms with van der Waals surface area (Å²) >= 11 is 0. The molecule has 0 saturated carbocycles. The third-order valence-electron chi connectivity index (χ3n) is 2.77. The van der Waals surface area contributed by atoms with Crippen LogP contribution in [0.25, 0.3) is 0 Å².